The molecule has 1 N–H and O–H groups in total. The minimum absolute atomic E-state index is 0.114. The van der Waals surface area contributed by atoms with Crippen molar-refractivity contribution in [1.29, 1.82) is 0 Å². The number of carbonyl (C=O) groups is 1. The highest BCUT2D eigenvalue weighted by Crippen LogP contribution is 2.28. The van der Waals surface area contributed by atoms with Gasteiger partial charge in [-0.1, -0.05) is 0 Å². The Morgan fingerprint density at radius 1 is 1.57 bits per heavy atom. The van der Waals surface area contributed by atoms with Crippen LogP contribution in [0.25, 0.3) is 6.08 Å². The summed E-state index contributed by atoms with van der Waals surface area (Å²) in [7, 11) is 0. The Morgan fingerprint density at radius 2 is 2.33 bits per heavy atom. The number of nitro benzene ring substituents is 1. The van der Waals surface area contributed by atoms with Gasteiger partial charge in [-0.3, -0.25) is 10.1 Å². The quantitative estimate of drug-likeness (QED) is 0.517. The Hall–Kier alpha value is -2.41. The number of rotatable bonds is 4. The zero-order chi connectivity index (χ0) is 15.4. The predicted molar refractivity (Wildman–Crippen MR) is 77.4 cm³/mol. The monoisotopic (exact) mass is 292 g/mol. The largest absolute Gasteiger partial charge is 0.478 e. The van der Waals surface area contributed by atoms with E-state index in [1.807, 2.05) is 6.92 Å². The molecule has 0 aromatic heterocycles. The van der Waals surface area contributed by atoms with Crippen LogP contribution in [-0.4, -0.2) is 41.8 Å². The number of carboxylic acid groups (broad SMARTS) is 1. The molecule has 1 saturated heterocycles. The van der Waals surface area contributed by atoms with Crippen molar-refractivity contribution in [3.05, 3.63) is 40.0 Å². The van der Waals surface area contributed by atoms with E-state index in [-0.39, 0.29) is 17.3 Å². The van der Waals surface area contributed by atoms with Gasteiger partial charge in [0.05, 0.1) is 23.7 Å². The SMILES string of the molecule is CC1COCCN1c1ccc([N+](=O)[O-])c(/C=C/C(=O)O)c1. The van der Waals surface area contributed by atoms with Crippen LogP contribution in [0.5, 0.6) is 0 Å². The third kappa shape index (κ3) is 3.57. The zero-order valence-corrected chi connectivity index (χ0v) is 11.6. The Labute approximate surface area is 121 Å². The van der Waals surface area contributed by atoms with E-state index < -0.39 is 10.9 Å². The number of benzene rings is 1. The molecule has 0 saturated carbocycles. The fraction of sp³-hybridized carbons (Fsp3) is 0.357. The Bertz CT molecular complexity index is 585. The van der Waals surface area contributed by atoms with Crippen LogP contribution in [-0.2, 0) is 9.53 Å². The second kappa shape index (κ2) is 6.36. The van der Waals surface area contributed by atoms with Gasteiger partial charge in [0.15, 0.2) is 0 Å². The summed E-state index contributed by atoms with van der Waals surface area (Å²) in [5.41, 5.74) is 0.984. The third-order valence-electron chi connectivity index (χ3n) is 3.31. The number of morpholine rings is 1. The molecule has 7 nitrogen and oxygen atoms in total. The standard InChI is InChI=1S/C14H16N2O5/c1-10-9-21-7-6-15(10)12-3-4-13(16(19)20)11(8-12)2-5-14(17)18/h2-5,8,10H,6-7,9H2,1H3,(H,17,18)/b5-2+. The first-order chi connectivity index (χ1) is 9.99. The van der Waals surface area contributed by atoms with Crippen LogP contribution >= 0.6 is 0 Å². The molecule has 2 rings (SSSR count). The number of anilines is 1. The minimum atomic E-state index is -1.14. The molecule has 1 aliphatic heterocycles. The van der Waals surface area contributed by atoms with Gasteiger partial charge in [-0.05, 0) is 25.1 Å². The fourth-order valence-electron chi connectivity index (χ4n) is 2.29. The van der Waals surface area contributed by atoms with Gasteiger partial charge < -0.3 is 14.7 Å². The second-order valence-electron chi connectivity index (χ2n) is 4.79. The molecule has 1 aliphatic rings. The average Bonchev–Trinajstić information content (AvgIpc) is 2.45. The molecule has 1 aromatic carbocycles. The van der Waals surface area contributed by atoms with Crippen molar-refractivity contribution in [2.75, 3.05) is 24.7 Å². The third-order valence-corrected chi connectivity index (χ3v) is 3.31. The van der Waals surface area contributed by atoms with Crippen LogP contribution in [0.1, 0.15) is 12.5 Å². The topological polar surface area (TPSA) is 92.9 Å². The van der Waals surface area contributed by atoms with Crippen LogP contribution in [0.4, 0.5) is 11.4 Å². The summed E-state index contributed by atoms with van der Waals surface area (Å²) in [5.74, 6) is -1.14. The van der Waals surface area contributed by atoms with Crippen molar-refractivity contribution in [3.8, 4) is 0 Å². The lowest BCUT2D eigenvalue weighted by Gasteiger charge is -2.35. The zero-order valence-electron chi connectivity index (χ0n) is 11.6. The highest BCUT2D eigenvalue weighted by molar-refractivity contribution is 5.86. The van der Waals surface area contributed by atoms with E-state index in [9.17, 15) is 14.9 Å². The molecule has 0 radical (unpaired) electrons. The van der Waals surface area contributed by atoms with Crippen molar-refractivity contribution in [2.45, 2.75) is 13.0 Å². The van der Waals surface area contributed by atoms with E-state index in [4.69, 9.17) is 9.84 Å². The van der Waals surface area contributed by atoms with Gasteiger partial charge in [-0.2, -0.15) is 0 Å². The van der Waals surface area contributed by atoms with Gasteiger partial charge in [0.1, 0.15) is 0 Å². The first-order valence-electron chi connectivity index (χ1n) is 6.53. The predicted octanol–water partition coefficient (Wildman–Crippen LogP) is 1.92. The van der Waals surface area contributed by atoms with Gasteiger partial charge in [0, 0.05) is 30.4 Å². The molecule has 0 bridgehead atoms. The van der Waals surface area contributed by atoms with Crippen LogP contribution < -0.4 is 4.90 Å². The van der Waals surface area contributed by atoms with E-state index in [0.29, 0.717) is 19.8 Å². The lowest BCUT2D eigenvalue weighted by atomic mass is 10.1. The van der Waals surface area contributed by atoms with E-state index in [1.165, 1.54) is 12.1 Å². The minimum Gasteiger partial charge on any atom is -0.478 e. The molecule has 0 aliphatic carbocycles. The number of carboxylic acids is 1. The maximum Gasteiger partial charge on any atom is 0.328 e. The molecule has 1 atom stereocenters. The molecule has 112 valence electrons. The summed E-state index contributed by atoms with van der Waals surface area (Å²) < 4.78 is 5.36. The molecule has 1 unspecified atom stereocenters. The first-order valence-corrected chi connectivity index (χ1v) is 6.53. The van der Waals surface area contributed by atoms with E-state index in [0.717, 1.165) is 11.8 Å². The van der Waals surface area contributed by atoms with Crippen LogP contribution in [0.2, 0.25) is 0 Å². The van der Waals surface area contributed by atoms with Crippen molar-refractivity contribution in [2.24, 2.45) is 0 Å². The van der Waals surface area contributed by atoms with E-state index in [2.05, 4.69) is 4.90 Å². The number of ether oxygens (including phenoxy) is 1. The lowest BCUT2D eigenvalue weighted by molar-refractivity contribution is -0.385. The fourth-order valence-corrected chi connectivity index (χ4v) is 2.29. The van der Waals surface area contributed by atoms with E-state index >= 15 is 0 Å². The normalized spacial score (nSPS) is 18.9. The van der Waals surface area contributed by atoms with Gasteiger partial charge in [0.2, 0.25) is 0 Å². The van der Waals surface area contributed by atoms with Crippen molar-refractivity contribution >= 4 is 23.4 Å². The Balaban J connectivity index is 2.38. The molecule has 1 heterocycles. The van der Waals surface area contributed by atoms with Gasteiger partial charge in [-0.15, -0.1) is 0 Å². The number of aliphatic carboxylic acids is 1. The van der Waals surface area contributed by atoms with Crippen molar-refractivity contribution in [1.82, 2.24) is 0 Å². The lowest BCUT2D eigenvalue weighted by Crippen LogP contribution is -2.43. The highest BCUT2D eigenvalue weighted by atomic mass is 16.6. The second-order valence-corrected chi connectivity index (χ2v) is 4.79. The molecular weight excluding hydrogens is 276 g/mol. The van der Waals surface area contributed by atoms with Crippen LogP contribution in [0, 0.1) is 10.1 Å². The number of nitro groups is 1. The van der Waals surface area contributed by atoms with Gasteiger partial charge in [-0.25, -0.2) is 4.79 Å². The summed E-state index contributed by atoms with van der Waals surface area (Å²) in [6, 6.07) is 4.88. The maximum absolute atomic E-state index is 11.0. The number of nitrogens with zero attached hydrogens (tertiary/aromatic N) is 2. The molecule has 1 aromatic rings. The molecule has 0 amide bonds. The van der Waals surface area contributed by atoms with Crippen LogP contribution in [0.15, 0.2) is 24.3 Å². The summed E-state index contributed by atoms with van der Waals surface area (Å²) in [4.78, 5) is 23.2. The van der Waals surface area contributed by atoms with Gasteiger partial charge in [0.25, 0.3) is 5.69 Å². The summed E-state index contributed by atoms with van der Waals surface area (Å²) in [5, 5.41) is 19.7. The number of hydrogen-bond acceptors (Lipinski definition) is 5. The smallest absolute Gasteiger partial charge is 0.328 e. The molecule has 7 heteroatoms. The molecule has 21 heavy (non-hydrogen) atoms. The Morgan fingerprint density at radius 3 is 2.95 bits per heavy atom. The summed E-state index contributed by atoms with van der Waals surface area (Å²) in [6.07, 6.45) is 2.14. The van der Waals surface area contributed by atoms with E-state index in [1.54, 1.807) is 12.1 Å². The maximum atomic E-state index is 11.0. The molecule has 1 fully saturated rings. The summed E-state index contributed by atoms with van der Waals surface area (Å²) in [6.45, 7) is 3.90. The summed E-state index contributed by atoms with van der Waals surface area (Å²) >= 11 is 0. The average molecular weight is 292 g/mol. The van der Waals surface area contributed by atoms with Crippen LogP contribution in [0.3, 0.4) is 0 Å². The van der Waals surface area contributed by atoms with Gasteiger partial charge >= 0.3 is 5.97 Å². The molecular formula is C14H16N2O5. The first kappa shape index (κ1) is 15.0. The molecule has 0 spiro atoms. The Kier molecular flexibility index (Phi) is 4.54. The number of hydrogen-bond donors (Lipinski definition) is 1. The highest BCUT2D eigenvalue weighted by Gasteiger charge is 2.21. The van der Waals surface area contributed by atoms with Crippen molar-refractivity contribution in [3.63, 3.8) is 0 Å². The van der Waals surface area contributed by atoms with Crippen molar-refractivity contribution < 1.29 is 19.6 Å².